The number of aliphatic hydroxyl groups excluding tert-OH is 1. The van der Waals surface area contributed by atoms with Crippen LogP contribution in [0.1, 0.15) is 65.8 Å². The number of amides is 2. The molecule has 1 fully saturated rings. The Kier molecular flexibility index (Phi) is 10.0. The van der Waals surface area contributed by atoms with Crippen LogP contribution in [0.15, 0.2) is 54.6 Å². The van der Waals surface area contributed by atoms with Gasteiger partial charge in [-0.2, -0.15) is 0 Å². The van der Waals surface area contributed by atoms with Gasteiger partial charge in [0.05, 0.1) is 0 Å². The van der Waals surface area contributed by atoms with Gasteiger partial charge >= 0.3 is 191 Å². The minimum atomic E-state index is -0.566. The molecule has 2 aromatic rings. The molecule has 1 saturated carbocycles. The van der Waals surface area contributed by atoms with Crippen LogP contribution in [0.3, 0.4) is 0 Å². The van der Waals surface area contributed by atoms with Crippen molar-refractivity contribution in [2.45, 2.75) is 68.0 Å². The van der Waals surface area contributed by atoms with Crippen LogP contribution in [0.2, 0.25) is 9.91 Å². The van der Waals surface area contributed by atoms with Crippen molar-refractivity contribution in [2.75, 3.05) is 13.1 Å². The first-order valence-corrected chi connectivity index (χ1v) is 14.5. The van der Waals surface area contributed by atoms with Crippen molar-refractivity contribution in [1.82, 2.24) is 10.2 Å². The molecule has 6 heteroatoms. The predicted molar refractivity (Wildman–Crippen MR) is 134 cm³/mol. The SMILES string of the molecule is CCCN(CCC)C(=O)c1cccc(C(=O)N[C@@H](Cc2ccccc2)[C@@H](O)C[As]C2CC2)c1. The zero-order valence-corrected chi connectivity index (χ0v) is 21.6. The van der Waals surface area contributed by atoms with Gasteiger partial charge in [0.15, 0.2) is 0 Å². The van der Waals surface area contributed by atoms with E-state index in [1.165, 1.54) is 12.8 Å². The third-order valence-electron chi connectivity index (χ3n) is 5.82. The van der Waals surface area contributed by atoms with E-state index in [9.17, 15) is 14.7 Å². The van der Waals surface area contributed by atoms with Crippen LogP contribution in [0, 0.1) is 0 Å². The van der Waals surface area contributed by atoms with Gasteiger partial charge in [0, 0.05) is 0 Å². The number of hydrogen-bond acceptors (Lipinski definition) is 3. The van der Waals surface area contributed by atoms with Crippen molar-refractivity contribution in [1.29, 1.82) is 0 Å². The molecule has 0 aromatic heterocycles. The molecule has 0 saturated heterocycles. The second-order valence-electron chi connectivity index (χ2n) is 8.81. The van der Waals surface area contributed by atoms with Crippen LogP contribution in [-0.4, -0.2) is 62.8 Å². The Morgan fingerprint density at radius 1 is 1.03 bits per heavy atom. The summed E-state index contributed by atoms with van der Waals surface area (Å²) in [5.74, 6) is -0.285. The molecule has 3 rings (SSSR count). The molecule has 33 heavy (non-hydrogen) atoms. The summed E-state index contributed by atoms with van der Waals surface area (Å²) in [5.41, 5.74) is 2.07. The molecule has 0 spiro atoms. The number of rotatable bonds is 13. The van der Waals surface area contributed by atoms with Gasteiger partial charge in [-0.1, -0.05) is 13.8 Å². The van der Waals surface area contributed by atoms with Gasteiger partial charge in [0.25, 0.3) is 0 Å². The molecule has 177 valence electrons. The average Bonchev–Trinajstić information content (AvgIpc) is 3.67. The van der Waals surface area contributed by atoms with Gasteiger partial charge in [-0.25, -0.2) is 0 Å². The summed E-state index contributed by atoms with van der Waals surface area (Å²) in [6.07, 6.45) is 4.39. The summed E-state index contributed by atoms with van der Waals surface area (Å²) >= 11 is 0.117. The Balaban J connectivity index is 1.72. The van der Waals surface area contributed by atoms with E-state index >= 15 is 0 Å². The van der Waals surface area contributed by atoms with Gasteiger partial charge in [-0.3, -0.25) is 0 Å². The van der Waals surface area contributed by atoms with E-state index < -0.39 is 6.10 Å². The second kappa shape index (κ2) is 13.0. The van der Waals surface area contributed by atoms with E-state index in [1.807, 2.05) is 35.2 Å². The fourth-order valence-corrected chi connectivity index (χ4v) is 6.57. The van der Waals surface area contributed by atoms with Crippen molar-refractivity contribution in [3.05, 3.63) is 71.3 Å². The van der Waals surface area contributed by atoms with Crippen molar-refractivity contribution >= 4 is 27.6 Å². The fraction of sp³-hybridized carbons (Fsp3) is 0.481. The van der Waals surface area contributed by atoms with Crippen LogP contribution in [0.5, 0.6) is 0 Å². The number of hydrogen-bond donors (Lipinski definition) is 2. The molecule has 1 aliphatic carbocycles. The number of nitrogens with one attached hydrogen (secondary N) is 1. The predicted octanol–water partition coefficient (Wildman–Crippen LogP) is 4.36. The fourth-order valence-electron chi connectivity index (χ4n) is 3.88. The molecule has 5 nitrogen and oxygen atoms in total. The van der Waals surface area contributed by atoms with Gasteiger partial charge in [0.2, 0.25) is 0 Å². The first kappa shape index (κ1) is 25.5. The molecule has 0 bridgehead atoms. The molecule has 0 aliphatic heterocycles. The zero-order chi connectivity index (χ0) is 23.6. The maximum atomic E-state index is 13.2. The maximum absolute atomic E-state index is 13.2. The first-order chi connectivity index (χ1) is 16.0. The summed E-state index contributed by atoms with van der Waals surface area (Å²) in [6.45, 7) is 5.53. The van der Waals surface area contributed by atoms with Crippen molar-refractivity contribution in [2.24, 2.45) is 0 Å². The number of nitrogens with zero attached hydrogens (tertiary/aromatic N) is 1. The van der Waals surface area contributed by atoms with Crippen LogP contribution in [0.25, 0.3) is 0 Å². The van der Waals surface area contributed by atoms with Gasteiger partial charge in [0.1, 0.15) is 0 Å². The second-order valence-corrected chi connectivity index (χ2v) is 11.9. The molecule has 2 aromatic carbocycles. The Hall–Kier alpha value is -2.10. The summed E-state index contributed by atoms with van der Waals surface area (Å²) in [7, 11) is 0. The summed E-state index contributed by atoms with van der Waals surface area (Å²) in [4.78, 5) is 28.0. The van der Waals surface area contributed by atoms with Gasteiger partial charge in [-0.05, 0) is 0 Å². The number of carbonyl (C=O) groups excluding carboxylic acids is 2. The van der Waals surface area contributed by atoms with E-state index in [1.54, 1.807) is 24.3 Å². The molecule has 2 amide bonds. The minimum absolute atomic E-state index is 0.0392. The molecular formula is C27H36AsN2O3. The number of carbonyl (C=O) groups is 2. The van der Waals surface area contributed by atoms with E-state index in [-0.39, 0.29) is 33.6 Å². The van der Waals surface area contributed by atoms with Crippen LogP contribution in [0.4, 0.5) is 0 Å². The molecular weight excluding hydrogens is 475 g/mol. The molecule has 0 heterocycles. The van der Waals surface area contributed by atoms with Crippen LogP contribution < -0.4 is 5.32 Å². The molecule has 2 atom stereocenters. The Morgan fingerprint density at radius 3 is 2.33 bits per heavy atom. The normalized spacial score (nSPS) is 15.4. The first-order valence-electron chi connectivity index (χ1n) is 12.1. The third kappa shape index (κ3) is 8.01. The van der Waals surface area contributed by atoms with Crippen LogP contribution >= 0.6 is 0 Å². The quantitative estimate of drug-likeness (QED) is 0.393. The summed E-state index contributed by atoms with van der Waals surface area (Å²) in [5, 5.41) is 14.8. The Bertz CT molecular complexity index is 895. The average molecular weight is 512 g/mol. The topological polar surface area (TPSA) is 69.6 Å². The van der Waals surface area contributed by atoms with E-state index in [0.717, 1.165) is 28.3 Å². The van der Waals surface area contributed by atoms with Gasteiger partial charge in [-0.15, -0.1) is 0 Å². The zero-order valence-electron chi connectivity index (χ0n) is 19.7. The Morgan fingerprint density at radius 2 is 1.70 bits per heavy atom. The van der Waals surface area contributed by atoms with Crippen molar-refractivity contribution < 1.29 is 14.7 Å². The number of aliphatic hydroxyl groups is 1. The van der Waals surface area contributed by atoms with E-state index in [2.05, 4.69) is 19.2 Å². The molecule has 2 N–H and O–H groups in total. The van der Waals surface area contributed by atoms with E-state index in [0.29, 0.717) is 30.6 Å². The van der Waals surface area contributed by atoms with Crippen LogP contribution in [-0.2, 0) is 6.42 Å². The van der Waals surface area contributed by atoms with Crippen molar-refractivity contribution in [3.8, 4) is 0 Å². The molecule has 0 unspecified atom stereocenters. The van der Waals surface area contributed by atoms with Gasteiger partial charge < -0.3 is 0 Å². The third-order valence-corrected chi connectivity index (χ3v) is 9.22. The monoisotopic (exact) mass is 511 g/mol. The van der Waals surface area contributed by atoms with E-state index in [4.69, 9.17) is 0 Å². The summed E-state index contributed by atoms with van der Waals surface area (Å²) < 4.78 is 0.820. The van der Waals surface area contributed by atoms with Crippen molar-refractivity contribution in [3.63, 3.8) is 0 Å². The molecule has 1 aliphatic rings. The number of benzene rings is 2. The summed E-state index contributed by atoms with van der Waals surface area (Å²) in [6, 6.07) is 16.6. The molecule has 1 radical (unpaired) electrons. The standard InChI is InChI=1S/C27H36AsN2O3/c1-3-15-30(16-4-2)27(33)22-12-8-11-21(18-22)26(32)29-24(17-20-9-6-5-7-10-20)25(31)19-28-23-13-14-23/h5-12,18,23-25,31H,3-4,13-17,19H2,1-2H3,(H,29,32)/t24-,25-/m0/s1. The Labute approximate surface area is 204 Å².